The van der Waals surface area contributed by atoms with Crippen molar-refractivity contribution in [1.29, 1.82) is 0 Å². The van der Waals surface area contributed by atoms with Gasteiger partial charge in [-0.3, -0.25) is 4.79 Å². The number of nitrogens with zero attached hydrogens (tertiary/aromatic N) is 1. The molecule has 1 saturated heterocycles. The molecule has 0 aromatic heterocycles. The van der Waals surface area contributed by atoms with Gasteiger partial charge in [-0.1, -0.05) is 42.5 Å². The number of urea groups is 1. The summed E-state index contributed by atoms with van der Waals surface area (Å²) in [5.74, 6) is 0.863. The number of hydrogen-bond acceptors (Lipinski definition) is 3. The van der Waals surface area contributed by atoms with Gasteiger partial charge in [0.2, 0.25) is 5.91 Å². The predicted octanol–water partition coefficient (Wildman–Crippen LogP) is 3.25. The lowest BCUT2D eigenvalue weighted by atomic mass is 10.0. The van der Waals surface area contributed by atoms with Gasteiger partial charge in [0, 0.05) is 26.1 Å². The van der Waals surface area contributed by atoms with E-state index in [4.69, 9.17) is 4.74 Å². The standard InChI is InChI=1S/C22H27N3O3/c1-28-19-10-5-9-18(15-19)20-11-6-14-25(20)21(26)12-13-23-22(27)24-16-17-7-3-2-4-8-17/h2-5,7-10,15,20H,6,11-14,16H2,1H3,(H2,23,24,27). The molecule has 3 rings (SSSR count). The Morgan fingerprint density at radius 1 is 1.11 bits per heavy atom. The van der Waals surface area contributed by atoms with Crippen LogP contribution in [0.1, 0.15) is 36.4 Å². The first-order valence-electron chi connectivity index (χ1n) is 9.66. The summed E-state index contributed by atoms with van der Waals surface area (Å²) in [5, 5.41) is 5.56. The summed E-state index contributed by atoms with van der Waals surface area (Å²) in [6, 6.07) is 17.4. The molecule has 0 bridgehead atoms. The Morgan fingerprint density at radius 3 is 2.71 bits per heavy atom. The summed E-state index contributed by atoms with van der Waals surface area (Å²) in [7, 11) is 1.64. The van der Waals surface area contributed by atoms with Crippen LogP contribution in [0.15, 0.2) is 54.6 Å². The Balaban J connectivity index is 1.45. The predicted molar refractivity (Wildman–Crippen MR) is 108 cm³/mol. The molecule has 1 heterocycles. The smallest absolute Gasteiger partial charge is 0.315 e. The SMILES string of the molecule is COc1cccc(C2CCCN2C(=O)CCNC(=O)NCc2ccccc2)c1. The quantitative estimate of drug-likeness (QED) is 0.773. The Kier molecular flexibility index (Phi) is 6.89. The van der Waals surface area contributed by atoms with Gasteiger partial charge in [-0.15, -0.1) is 0 Å². The van der Waals surface area contributed by atoms with Crippen LogP contribution >= 0.6 is 0 Å². The van der Waals surface area contributed by atoms with E-state index in [1.807, 2.05) is 59.5 Å². The van der Waals surface area contributed by atoms with Gasteiger partial charge in [0.1, 0.15) is 5.75 Å². The van der Waals surface area contributed by atoms with Gasteiger partial charge in [0.15, 0.2) is 0 Å². The second-order valence-corrected chi connectivity index (χ2v) is 6.87. The Hall–Kier alpha value is -3.02. The molecule has 3 amide bonds. The highest BCUT2D eigenvalue weighted by molar-refractivity contribution is 5.79. The van der Waals surface area contributed by atoms with Crippen molar-refractivity contribution in [2.45, 2.75) is 31.8 Å². The maximum absolute atomic E-state index is 12.7. The van der Waals surface area contributed by atoms with Crippen molar-refractivity contribution < 1.29 is 14.3 Å². The zero-order valence-electron chi connectivity index (χ0n) is 16.2. The van der Waals surface area contributed by atoms with Gasteiger partial charge in [-0.05, 0) is 36.1 Å². The highest BCUT2D eigenvalue weighted by Gasteiger charge is 2.29. The zero-order valence-corrected chi connectivity index (χ0v) is 16.2. The number of benzene rings is 2. The second kappa shape index (κ2) is 9.78. The number of likely N-dealkylation sites (tertiary alicyclic amines) is 1. The molecule has 0 aliphatic carbocycles. The van der Waals surface area contributed by atoms with E-state index in [0.717, 1.165) is 36.3 Å². The minimum Gasteiger partial charge on any atom is -0.497 e. The van der Waals surface area contributed by atoms with E-state index < -0.39 is 0 Å². The minimum atomic E-state index is -0.262. The largest absolute Gasteiger partial charge is 0.497 e. The van der Waals surface area contributed by atoms with E-state index >= 15 is 0 Å². The Labute approximate surface area is 165 Å². The number of hydrogen-bond donors (Lipinski definition) is 2. The van der Waals surface area contributed by atoms with Gasteiger partial charge >= 0.3 is 6.03 Å². The molecule has 0 spiro atoms. The number of rotatable bonds is 7. The normalized spacial score (nSPS) is 15.9. The molecule has 2 N–H and O–H groups in total. The number of methoxy groups -OCH3 is 1. The molecule has 1 aliphatic heterocycles. The lowest BCUT2D eigenvalue weighted by Gasteiger charge is -2.25. The minimum absolute atomic E-state index is 0.0636. The van der Waals surface area contributed by atoms with Crippen molar-refractivity contribution in [2.75, 3.05) is 20.2 Å². The van der Waals surface area contributed by atoms with Gasteiger partial charge in [0.05, 0.1) is 13.2 Å². The molecular weight excluding hydrogens is 354 g/mol. The first-order valence-corrected chi connectivity index (χ1v) is 9.66. The van der Waals surface area contributed by atoms with E-state index in [1.165, 1.54) is 0 Å². The van der Waals surface area contributed by atoms with Gasteiger partial charge in [0.25, 0.3) is 0 Å². The summed E-state index contributed by atoms with van der Waals surface area (Å²) in [6.07, 6.45) is 2.22. The number of carbonyl (C=O) groups excluding carboxylic acids is 2. The van der Waals surface area contributed by atoms with Crippen LogP contribution in [0.25, 0.3) is 0 Å². The molecule has 1 fully saturated rings. The van der Waals surface area contributed by atoms with Gasteiger partial charge in [-0.2, -0.15) is 0 Å². The summed E-state index contributed by atoms with van der Waals surface area (Å²) in [6.45, 7) is 1.53. The third-order valence-electron chi connectivity index (χ3n) is 4.97. The van der Waals surface area contributed by atoms with E-state index in [9.17, 15) is 9.59 Å². The average molecular weight is 381 g/mol. The molecule has 1 aliphatic rings. The average Bonchev–Trinajstić information content (AvgIpc) is 3.23. The van der Waals surface area contributed by atoms with Crippen LogP contribution < -0.4 is 15.4 Å². The van der Waals surface area contributed by atoms with Crippen LogP contribution in [0, 0.1) is 0 Å². The van der Waals surface area contributed by atoms with Crippen molar-refractivity contribution in [2.24, 2.45) is 0 Å². The number of nitrogens with one attached hydrogen (secondary N) is 2. The van der Waals surface area contributed by atoms with Crippen LogP contribution in [0.5, 0.6) is 5.75 Å². The monoisotopic (exact) mass is 381 g/mol. The molecule has 2 aromatic carbocycles. The van der Waals surface area contributed by atoms with Crippen molar-refractivity contribution >= 4 is 11.9 Å². The molecule has 6 heteroatoms. The fraction of sp³-hybridized carbons (Fsp3) is 0.364. The molecule has 28 heavy (non-hydrogen) atoms. The fourth-order valence-electron chi connectivity index (χ4n) is 3.53. The summed E-state index contributed by atoms with van der Waals surface area (Å²) in [5.41, 5.74) is 2.13. The summed E-state index contributed by atoms with van der Waals surface area (Å²) in [4.78, 5) is 26.5. The first kappa shape index (κ1) is 19.7. The van der Waals surface area contributed by atoms with Crippen molar-refractivity contribution in [3.05, 3.63) is 65.7 Å². The topological polar surface area (TPSA) is 70.7 Å². The van der Waals surface area contributed by atoms with Crippen LogP contribution in [0.3, 0.4) is 0 Å². The van der Waals surface area contributed by atoms with E-state index in [1.54, 1.807) is 7.11 Å². The number of carbonyl (C=O) groups is 2. The van der Waals surface area contributed by atoms with E-state index in [-0.39, 0.29) is 18.0 Å². The maximum Gasteiger partial charge on any atom is 0.315 e. The van der Waals surface area contributed by atoms with Crippen molar-refractivity contribution in [3.8, 4) is 5.75 Å². The summed E-state index contributed by atoms with van der Waals surface area (Å²) < 4.78 is 5.30. The molecule has 1 unspecified atom stereocenters. The molecule has 6 nitrogen and oxygen atoms in total. The summed E-state index contributed by atoms with van der Waals surface area (Å²) >= 11 is 0. The lowest BCUT2D eigenvalue weighted by molar-refractivity contribution is -0.132. The third kappa shape index (κ3) is 5.25. The molecule has 0 radical (unpaired) electrons. The van der Waals surface area contributed by atoms with Crippen LogP contribution in [0.4, 0.5) is 4.79 Å². The van der Waals surface area contributed by atoms with Crippen molar-refractivity contribution in [3.63, 3.8) is 0 Å². The molecular formula is C22H27N3O3. The third-order valence-corrected chi connectivity index (χ3v) is 4.97. The van der Waals surface area contributed by atoms with Crippen LogP contribution in [-0.4, -0.2) is 37.0 Å². The molecule has 1 atom stereocenters. The highest BCUT2D eigenvalue weighted by Crippen LogP contribution is 2.33. The number of amides is 3. The van der Waals surface area contributed by atoms with E-state index in [2.05, 4.69) is 10.6 Å². The fourth-order valence-corrected chi connectivity index (χ4v) is 3.53. The first-order chi connectivity index (χ1) is 13.7. The highest BCUT2D eigenvalue weighted by atomic mass is 16.5. The van der Waals surface area contributed by atoms with Gasteiger partial charge < -0.3 is 20.3 Å². The molecule has 148 valence electrons. The number of ether oxygens (including phenoxy) is 1. The zero-order chi connectivity index (χ0) is 19.8. The van der Waals surface area contributed by atoms with Crippen molar-refractivity contribution in [1.82, 2.24) is 15.5 Å². The van der Waals surface area contributed by atoms with Crippen LogP contribution in [0.2, 0.25) is 0 Å². The Morgan fingerprint density at radius 2 is 1.93 bits per heavy atom. The molecule has 0 saturated carbocycles. The maximum atomic E-state index is 12.7. The lowest BCUT2D eigenvalue weighted by Crippen LogP contribution is -2.38. The second-order valence-electron chi connectivity index (χ2n) is 6.87. The van der Waals surface area contributed by atoms with E-state index in [0.29, 0.717) is 19.5 Å². The van der Waals surface area contributed by atoms with Gasteiger partial charge in [-0.25, -0.2) is 4.79 Å². The Bertz CT molecular complexity index is 795. The molecule has 2 aromatic rings. The van der Waals surface area contributed by atoms with Crippen LogP contribution in [-0.2, 0) is 11.3 Å².